The second-order valence-electron chi connectivity index (χ2n) is 5.64. The van der Waals surface area contributed by atoms with Crippen LogP contribution in [-0.4, -0.2) is 5.91 Å². The molecular weight excluding hydrogens is 350 g/mol. The molecule has 0 fully saturated rings. The number of hydrogen-bond donors (Lipinski definition) is 1. The molecule has 2 nitrogen and oxygen atoms in total. The van der Waals surface area contributed by atoms with E-state index in [1.807, 2.05) is 66.7 Å². The Hall–Kier alpha value is -2.62. The molecule has 25 heavy (non-hydrogen) atoms. The third-order valence-electron chi connectivity index (χ3n) is 3.99. The monoisotopic (exact) mass is 363 g/mol. The molecule has 1 heterocycles. The zero-order valence-corrected chi connectivity index (χ0v) is 14.8. The zero-order chi connectivity index (χ0) is 17.2. The Kier molecular flexibility index (Phi) is 4.26. The number of thiophene rings is 1. The van der Waals surface area contributed by atoms with Crippen molar-refractivity contribution < 1.29 is 4.79 Å². The lowest BCUT2D eigenvalue weighted by Gasteiger charge is -2.06. The lowest BCUT2D eigenvalue weighted by Crippen LogP contribution is -2.10. The molecule has 4 rings (SSSR count). The first-order valence-electron chi connectivity index (χ1n) is 7.86. The third kappa shape index (κ3) is 3.16. The van der Waals surface area contributed by atoms with E-state index in [2.05, 4.69) is 17.4 Å². The number of fused-ring (bicyclic) bond motifs is 1. The van der Waals surface area contributed by atoms with E-state index < -0.39 is 0 Å². The number of carbonyl (C=O) groups excluding carboxylic acids is 1. The maximum atomic E-state index is 12.6. The molecule has 0 saturated heterocycles. The van der Waals surface area contributed by atoms with E-state index in [1.54, 1.807) is 0 Å². The van der Waals surface area contributed by atoms with Gasteiger partial charge in [-0.3, -0.25) is 4.79 Å². The number of nitrogens with one attached hydrogen (secondary N) is 1. The number of amides is 1. The molecule has 1 aromatic heterocycles. The van der Waals surface area contributed by atoms with Crippen molar-refractivity contribution in [1.29, 1.82) is 0 Å². The number of halogens is 1. The number of hydrogen-bond acceptors (Lipinski definition) is 2. The van der Waals surface area contributed by atoms with Gasteiger partial charge < -0.3 is 5.32 Å². The van der Waals surface area contributed by atoms with Crippen molar-refractivity contribution in [1.82, 2.24) is 0 Å². The topological polar surface area (TPSA) is 29.1 Å². The van der Waals surface area contributed by atoms with Gasteiger partial charge >= 0.3 is 0 Å². The smallest absolute Gasteiger partial charge is 0.267 e. The molecule has 0 aliphatic carbocycles. The summed E-state index contributed by atoms with van der Waals surface area (Å²) in [4.78, 5) is 13.1. The largest absolute Gasteiger partial charge is 0.321 e. The summed E-state index contributed by atoms with van der Waals surface area (Å²) in [6.45, 7) is 0. The molecule has 0 aliphatic heterocycles. The van der Waals surface area contributed by atoms with Crippen LogP contribution >= 0.6 is 22.9 Å². The van der Waals surface area contributed by atoms with Gasteiger partial charge in [-0.25, -0.2) is 0 Å². The summed E-state index contributed by atoms with van der Waals surface area (Å²) < 4.78 is 1.01. The van der Waals surface area contributed by atoms with Crippen molar-refractivity contribution in [3.8, 4) is 11.1 Å². The van der Waals surface area contributed by atoms with Crippen molar-refractivity contribution in [3.05, 3.63) is 88.8 Å². The van der Waals surface area contributed by atoms with Crippen molar-refractivity contribution in [3.63, 3.8) is 0 Å². The fraction of sp³-hybridized carbons (Fsp3) is 0. The minimum atomic E-state index is -0.182. The van der Waals surface area contributed by atoms with E-state index in [9.17, 15) is 4.79 Å². The van der Waals surface area contributed by atoms with E-state index in [-0.39, 0.29) is 5.91 Å². The highest BCUT2D eigenvalue weighted by atomic mass is 35.5. The fourth-order valence-corrected chi connectivity index (χ4v) is 4.14. The van der Waals surface area contributed by atoms with Gasteiger partial charge in [0.05, 0.1) is 5.02 Å². The van der Waals surface area contributed by atoms with Crippen molar-refractivity contribution in [2.45, 2.75) is 0 Å². The normalized spacial score (nSPS) is 10.8. The van der Waals surface area contributed by atoms with Crippen molar-refractivity contribution >= 4 is 44.6 Å². The minimum absolute atomic E-state index is 0.182. The van der Waals surface area contributed by atoms with Gasteiger partial charge in [0, 0.05) is 15.8 Å². The summed E-state index contributed by atoms with van der Waals surface area (Å²) in [5.41, 5.74) is 3.00. The van der Waals surface area contributed by atoms with E-state index in [4.69, 9.17) is 11.6 Å². The first-order valence-corrected chi connectivity index (χ1v) is 9.06. The van der Waals surface area contributed by atoms with Gasteiger partial charge in [-0.05, 0) is 29.3 Å². The number of anilines is 1. The van der Waals surface area contributed by atoms with Crippen LogP contribution in [0.25, 0.3) is 21.2 Å². The van der Waals surface area contributed by atoms with Crippen LogP contribution < -0.4 is 5.32 Å². The predicted molar refractivity (Wildman–Crippen MR) is 107 cm³/mol. The highest BCUT2D eigenvalue weighted by molar-refractivity contribution is 7.21. The van der Waals surface area contributed by atoms with Crippen LogP contribution in [-0.2, 0) is 0 Å². The van der Waals surface area contributed by atoms with Gasteiger partial charge in [-0.1, -0.05) is 72.3 Å². The Labute approximate surface area is 154 Å². The van der Waals surface area contributed by atoms with E-state index in [1.165, 1.54) is 11.3 Å². The molecule has 3 aromatic carbocycles. The Morgan fingerprint density at radius 2 is 1.44 bits per heavy atom. The van der Waals surface area contributed by atoms with Gasteiger partial charge in [0.1, 0.15) is 4.88 Å². The molecule has 4 heteroatoms. The molecule has 1 N–H and O–H groups in total. The molecule has 0 bridgehead atoms. The zero-order valence-electron chi connectivity index (χ0n) is 13.2. The Balaban J connectivity index is 1.57. The van der Waals surface area contributed by atoms with Gasteiger partial charge in [-0.15, -0.1) is 11.3 Å². The maximum absolute atomic E-state index is 12.6. The molecule has 0 unspecified atom stereocenters. The molecule has 0 atom stereocenters. The number of rotatable bonds is 3. The third-order valence-corrected chi connectivity index (χ3v) is 5.67. The lowest BCUT2D eigenvalue weighted by atomic mass is 10.1. The molecule has 0 aliphatic rings. The Bertz CT molecular complexity index is 1040. The molecule has 0 radical (unpaired) electrons. The fourth-order valence-electron chi connectivity index (χ4n) is 2.72. The lowest BCUT2D eigenvalue weighted by molar-refractivity contribution is 0.103. The molecule has 0 spiro atoms. The Morgan fingerprint density at radius 1 is 0.800 bits per heavy atom. The highest BCUT2D eigenvalue weighted by Gasteiger charge is 2.16. The van der Waals surface area contributed by atoms with Crippen LogP contribution in [0.3, 0.4) is 0 Å². The summed E-state index contributed by atoms with van der Waals surface area (Å²) in [5.74, 6) is -0.182. The second-order valence-corrected chi connectivity index (χ2v) is 7.07. The van der Waals surface area contributed by atoms with Gasteiger partial charge in [0.2, 0.25) is 0 Å². The predicted octanol–water partition coefficient (Wildman–Crippen LogP) is 6.47. The Morgan fingerprint density at radius 3 is 2.16 bits per heavy atom. The summed E-state index contributed by atoms with van der Waals surface area (Å²) >= 11 is 7.78. The van der Waals surface area contributed by atoms with Crippen LogP contribution in [0.2, 0.25) is 5.02 Å². The van der Waals surface area contributed by atoms with Crippen LogP contribution in [0, 0.1) is 0 Å². The summed E-state index contributed by atoms with van der Waals surface area (Å²) in [6.07, 6.45) is 0. The van der Waals surface area contributed by atoms with E-state index in [0.717, 1.165) is 26.9 Å². The maximum Gasteiger partial charge on any atom is 0.267 e. The van der Waals surface area contributed by atoms with E-state index in [0.29, 0.717) is 9.90 Å². The minimum Gasteiger partial charge on any atom is -0.321 e. The average molecular weight is 364 g/mol. The van der Waals surface area contributed by atoms with Crippen molar-refractivity contribution in [2.75, 3.05) is 5.32 Å². The molecule has 0 saturated carbocycles. The van der Waals surface area contributed by atoms with Crippen LogP contribution in [0.15, 0.2) is 78.9 Å². The molecule has 122 valence electrons. The first-order chi connectivity index (χ1) is 12.2. The summed E-state index contributed by atoms with van der Waals surface area (Å²) in [7, 11) is 0. The number of carbonyl (C=O) groups is 1. The van der Waals surface area contributed by atoms with Gasteiger partial charge in [-0.2, -0.15) is 0 Å². The SMILES string of the molecule is O=C(Nc1ccc(-c2ccccc2)cc1)c1sc2ccccc2c1Cl. The quantitative estimate of drug-likeness (QED) is 0.443. The first kappa shape index (κ1) is 15.9. The van der Waals surface area contributed by atoms with Gasteiger partial charge in [0.15, 0.2) is 0 Å². The van der Waals surface area contributed by atoms with Gasteiger partial charge in [0.25, 0.3) is 5.91 Å². The number of benzene rings is 3. The molecule has 1 amide bonds. The summed E-state index contributed by atoms with van der Waals surface area (Å²) in [5, 5.41) is 4.35. The second kappa shape index (κ2) is 6.71. The van der Waals surface area contributed by atoms with E-state index >= 15 is 0 Å². The van der Waals surface area contributed by atoms with Crippen LogP contribution in [0.5, 0.6) is 0 Å². The average Bonchev–Trinajstić information content (AvgIpc) is 3.00. The summed E-state index contributed by atoms with van der Waals surface area (Å²) in [6, 6.07) is 25.7. The highest BCUT2D eigenvalue weighted by Crippen LogP contribution is 2.35. The molecular formula is C21H14ClNOS. The van der Waals surface area contributed by atoms with Crippen LogP contribution in [0.4, 0.5) is 5.69 Å². The van der Waals surface area contributed by atoms with Crippen LogP contribution in [0.1, 0.15) is 9.67 Å². The van der Waals surface area contributed by atoms with Crippen molar-refractivity contribution in [2.24, 2.45) is 0 Å². The molecule has 4 aromatic rings. The standard InChI is InChI=1S/C21H14ClNOS/c22-19-17-8-4-5-9-18(17)25-20(19)21(24)23-16-12-10-15(11-13-16)14-6-2-1-3-7-14/h1-13H,(H,23,24).